The van der Waals surface area contributed by atoms with Gasteiger partial charge < -0.3 is 4.74 Å². The van der Waals surface area contributed by atoms with Gasteiger partial charge in [-0.05, 0) is 31.9 Å². The number of rotatable bonds is 6. The van der Waals surface area contributed by atoms with Gasteiger partial charge in [-0.3, -0.25) is 15.8 Å². The van der Waals surface area contributed by atoms with E-state index in [2.05, 4.69) is 15.8 Å². The summed E-state index contributed by atoms with van der Waals surface area (Å²) < 4.78 is 32.1. The minimum atomic E-state index is -3.40. The van der Waals surface area contributed by atoms with E-state index in [-0.39, 0.29) is 6.04 Å². The fraction of sp³-hybridized carbons (Fsp3) is 0.500. The summed E-state index contributed by atoms with van der Waals surface area (Å²) in [5.74, 6) is 0. The van der Waals surface area contributed by atoms with Gasteiger partial charge in [-0.1, -0.05) is 30.3 Å². The van der Waals surface area contributed by atoms with Crippen LogP contribution in [0.5, 0.6) is 0 Å². The first-order chi connectivity index (χ1) is 13.0. The maximum absolute atomic E-state index is 12.7. The second kappa shape index (κ2) is 9.09. The lowest BCUT2D eigenvalue weighted by atomic mass is 10.2. The fourth-order valence-corrected chi connectivity index (χ4v) is 5.33. The number of piperidine rings is 1. The van der Waals surface area contributed by atoms with Gasteiger partial charge in [0.1, 0.15) is 0 Å². The van der Waals surface area contributed by atoms with Crippen molar-refractivity contribution >= 4 is 32.6 Å². The lowest BCUT2D eigenvalue weighted by Gasteiger charge is -2.26. The maximum Gasteiger partial charge on any atom is 0.243 e. The Morgan fingerprint density at radius 1 is 1.19 bits per heavy atom. The third-order valence-electron chi connectivity index (χ3n) is 4.46. The van der Waals surface area contributed by atoms with Crippen LogP contribution in [-0.2, 0) is 14.8 Å². The van der Waals surface area contributed by atoms with E-state index in [1.54, 1.807) is 23.5 Å². The van der Waals surface area contributed by atoms with Crippen molar-refractivity contribution in [3.8, 4) is 0 Å². The van der Waals surface area contributed by atoms with Crippen LogP contribution < -0.4 is 10.9 Å². The monoisotopic (exact) mass is 410 g/mol. The second-order valence-corrected chi connectivity index (χ2v) is 9.42. The van der Waals surface area contributed by atoms with E-state index in [4.69, 9.17) is 4.74 Å². The first-order valence-electron chi connectivity index (χ1n) is 9.07. The summed E-state index contributed by atoms with van der Waals surface area (Å²) in [4.78, 5) is 4.85. The predicted octanol–water partition coefficient (Wildman–Crippen LogP) is 2.39. The molecule has 3 rings (SSSR count). The minimum Gasteiger partial charge on any atom is -0.382 e. The van der Waals surface area contributed by atoms with Crippen molar-refractivity contribution in [1.29, 1.82) is 0 Å². The zero-order valence-electron chi connectivity index (χ0n) is 15.6. The minimum absolute atomic E-state index is 0.0704. The lowest BCUT2D eigenvalue weighted by molar-refractivity contribution is 0.186. The fourth-order valence-electron chi connectivity index (χ4n) is 3.04. The molecule has 2 aliphatic heterocycles. The molecule has 1 atom stereocenters. The van der Waals surface area contributed by atoms with Crippen molar-refractivity contribution in [2.75, 3.05) is 26.8 Å². The van der Waals surface area contributed by atoms with E-state index in [9.17, 15) is 8.42 Å². The summed E-state index contributed by atoms with van der Waals surface area (Å²) in [6.45, 7) is 3.77. The lowest BCUT2D eigenvalue weighted by Crippen LogP contribution is -2.37. The number of ether oxygens (including phenoxy) is 1. The largest absolute Gasteiger partial charge is 0.382 e. The van der Waals surface area contributed by atoms with Gasteiger partial charge in [-0.2, -0.15) is 4.31 Å². The summed E-state index contributed by atoms with van der Waals surface area (Å²) in [7, 11) is -1.74. The molecule has 1 aromatic carbocycles. The van der Waals surface area contributed by atoms with Crippen LogP contribution in [0.25, 0.3) is 5.70 Å². The quantitative estimate of drug-likeness (QED) is 0.749. The number of nitrogens with zero attached hydrogens (tertiary/aromatic N) is 2. The third-order valence-corrected chi connectivity index (χ3v) is 7.15. The van der Waals surface area contributed by atoms with Crippen molar-refractivity contribution in [3.63, 3.8) is 0 Å². The number of hydrogen-bond donors (Lipinski definition) is 2. The molecule has 2 heterocycles. The van der Waals surface area contributed by atoms with Crippen molar-refractivity contribution in [2.45, 2.75) is 37.1 Å². The summed E-state index contributed by atoms with van der Waals surface area (Å²) in [5.41, 5.74) is 7.97. The van der Waals surface area contributed by atoms with E-state index in [1.165, 1.54) is 11.8 Å². The molecule has 0 aliphatic carbocycles. The topological polar surface area (TPSA) is 83.0 Å². The van der Waals surface area contributed by atoms with E-state index >= 15 is 0 Å². The number of amidine groups is 1. The van der Waals surface area contributed by atoms with Crippen molar-refractivity contribution < 1.29 is 13.2 Å². The average molecular weight is 411 g/mol. The number of methoxy groups -OCH3 is 1. The summed E-state index contributed by atoms with van der Waals surface area (Å²) in [6, 6.07) is 7.08. The molecule has 1 aromatic rings. The standard InChI is InChI=1S/C18H26N4O3S2/c1-14(12-25-2)19-18-21-20-17(13-26-18)15-6-8-16(9-7-15)27(23,24)22-10-4-3-5-11-22/h6-9,13-14,20H,3-5,10-12H2,1-2H3,(H,19,21)/t14-/m1/s1. The molecule has 0 unspecified atom stereocenters. The number of aliphatic imine (C=N–C) groups is 1. The van der Waals surface area contributed by atoms with Crippen LogP contribution in [0.2, 0.25) is 0 Å². The first kappa shape index (κ1) is 20.2. The van der Waals surface area contributed by atoms with Gasteiger partial charge in [0.2, 0.25) is 10.0 Å². The molecule has 0 aromatic heterocycles. The van der Waals surface area contributed by atoms with Gasteiger partial charge >= 0.3 is 0 Å². The highest BCUT2D eigenvalue weighted by Gasteiger charge is 2.25. The Kier molecular flexibility index (Phi) is 6.80. The van der Waals surface area contributed by atoms with Crippen LogP contribution in [0.15, 0.2) is 39.6 Å². The summed E-state index contributed by atoms with van der Waals surface area (Å²) in [6.07, 6.45) is 2.97. The molecular formula is C18H26N4O3S2. The van der Waals surface area contributed by atoms with Crippen molar-refractivity contribution in [1.82, 2.24) is 15.2 Å². The van der Waals surface area contributed by atoms with Crippen LogP contribution >= 0.6 is 11.8 Å². The van der Waals surface area contributed by atoms with E-state index in [0.29, 0.717) is 24.6 Å². The highest BCUT2D eigenvalue weighted by Crippen LogP contribution is 2.24. The van der Waals surface area contributed by atoms with E-state index < -0.39 is 10.0 Å². The van der Waals surface area contributed by atoms with E-state index in [0.717, 1.165) is 35.7 Å². The molecule has 9 heteroatoms. The normalized spacial score (nSPS) is 21.3. The summed E-state index contributed by atoms with van der Waals surface area (Å²) >= 11 is 1.49. The van der Waals surface area contributed by atoms with Gasteiger partial charge in [0.25, 0.3) is 0 Å². The molecule has 0 radical (unpaired) electrons. The van der Waals surface area contributed by atoms with Crippen LogP contribution in [0.4, 0.5) is 0 Å². The summed E-state index contributed by atoms with van der Waals surface area (Å²) in [5, 5.41) is 2.73. The zero-order valence-corrected chi connectivity index (χ0v) is 17.3. The van der Waals surface area contributed by atoms with Crippen LogP contribution in [0, 0.1) is 0 Å². The predicted molar refractivity (Wildman–Crippen MR) is 110 cm³/mol. The van der Waals surface area contributed by atoms with Gasteiger partial charge in [0, 0.05) is 31.2 Å². The molecule has 2 aliphatic rings. The first-order valence-corrected chi connectivity index (χ1v) is 11.4. The Hall–Kier alpha value is -1.55. The van der Waals surface area contributed by atoms with Crippen LogP contribution in [0.1, 0.15) is 31.7 Å². The molecule has 0 amide bonds. The Labute approximate surface area is 165 Å². The molecule has 0 saturated carbocycles. The zero-order chi connectivity index (χ0) is 19.3. The van der Waals surface area contributed by atoms with Gasteiger partial charge in [0.15, 0.2) is 5.17 Å². The molecular weight excluding hydrogens is 384 g/mol. The molecule has 2 N–H and O–H groups in total. The second-order valence-electron chi connectivity index (χ2n) is 6.63. The average Bonchev–Trinajstić information content (AvgIpc) is 2.69. The van der Waals surface area contributed by atoms with Crippen molar-refractivity contribution in [3.05, 3.63) is 35.2 Å². The molecule has 0 spiro atoms. The van der Waals surface area contributed by atoms with Crippen molar-refractivity contribution in [2.24, 2.45) is 4.99 Å². The van der Waals surface area contributed by atoms with Gasteiger partial charge in [0.05, 0.1) is 23.2 Å². The Morgan fingerprint density at radius 2 is 1.89 bits per heavy atom. The maximum atomic E-state index is 12.7. The Bertz CT molecular complexity index is 800. The Balaban J connectivity index is 1.68. The number of thioether (sulfide) groups is 1. The molecule has 1 saturated heterocycles. The number of hydrogen-bond acceptors (Lipinski definition) is 6. The number of sulfonamides is 1. The number of hydrazine groups is 1. The molecule has 7 nitrogen and oxygen atoms in total. The van der Waals surface area contributed by atoms with Crippen LogP contribution in [-0.4, -0.2) is 50.7 Å². The SMILES string of the molecule is COC[C@@H](C)N=C1NNC(c2ccc(S(=O)(=O)N3CCCCC3)cc2)=CS1. The molecule has 148 valence electrons. The smallest absolute Gasteiger partial charge is 0.243 e. The van der Waals surface area contributed by atoms with Gasteiger partial charge in [-0.15, -0.1) is 0 Å². The Morgan fingerprint density at radius 3 is 2.48 bits per heavy atom. The number of nitrogens with one attached hydrogen (secondary N) is 2. The highest BCUT2D eigenvalue weighted by molar-refractivity contribution is 8.16. The third kappa shape index (κ3) is 5.04. The van der Waals surface area contributed by atoms with Crippen LogP contribution in [0.3, 0.4) is 0 Å². The highest BCUT2D eigenvalue weighted by atomic mass is 32.2. The molecule has 1 fully saturated rings. The molecule has 0 bridgehead atoms. The molecule has 27 heavy (non-hydrogen) atoms. The van der Waals surface area contributed by atoms with Gasteiger partial charge in [-0.25, -0.2) is 8.42 Å². The number of benzene rings is 1. The van der Waals surface area contributed by atoms with E-state index in [1.807, 2.05) is 24.5 Å².